The molecule has 4 heteroatoms. The molecule has 0 spiro atoms. The minimum atomic E-state index is -0.905. The van der Waals surface area contributed by atoms with Gasteiger partial charge in [-0.3, -0.25) is 0 Å². The molecule has 1 aromatic carbocycles. The fourth-order valence-corrected chi connectivity index (χ4v) is 3.56. The summed E-state index contributed by atoms with van der Waals surface area (Å²) in [7, 11) is 2.06. The van der Waals surface area contributed by atoms with Gasteiger partial charge in [-0.05, 0) is 23.1 Å². The second-order valence-electron chi connectivity index (χ2n) is 8.93. The van der Waals surface area contributed by atoms with Gasteiger partial charge in [-0.1, -0.05) is 53.7 Å². The van der Waals surface area contributed by atoms with Gasteiger partial charge in [0, 0.05) is 11.8 Å². The van der Waals surface area contributed by atoms with Gasteiger partial charge in [-0.2, -0.15) is 4.57 Å². The summed E-state index contributed by atoms with van der Waals surface area (Å²) in [6.45, 7) is 13.0. The van der Waals surface area contributed by atoms with Crippen LogP contribution in [0.3, 0.4) is 0 Å². The lowest BCUT2D eigenvalue weighted by Crippen LogP contribution is -3.00. The Morgan fingerprint density at radius 1 is 1.08 bits per heavy atom. The highest BCUT2D eigenvalue weighted by Gasteiger charge is 2.54. The highest BCUT2D eigenvalue weighted by Crippen LogP contribution is 2.49. The molecular formula is C20H29BrN2O. The standard InChI is InChI=1S/C20H29N2O.BrH/c1-18(2,3)14-12-20(23,19(4,5)6)17-21(7)15-10-8-9-11-16(15)22(17)13-14;/h8-11,13,23H,12H2,1-7H3;1H/q+1;/p-1. The van der Waals surface area contributed by atoms with E-state index in [0.29, 0.717) is 6.42 Å². The number of aromatic nitrogens is 2. The second kappa shape index (κ2) is 5.70. The van der Waals surface area contributed by atoms with E-state index in [1.54, 1.807) is 0 Å². The highest BCUT2D eigenvalue weighted by molar-refractivity contribution is 5.76. The summed E-state index contributed by atoms with van der Waals surface area (Å²) >= 11 is 0. The van der Waals surface area contributed by atoms with Gasteiger partial charge in [0.05, 0.1) is 13.2 Å². The number of aliphatic hydroxyl groups is 1. The Balaban J connectivity index is 0.00000208. The Hall–Kier alpha value is -1.13. The fourth-order valence-electron chi connectivity index (χ4n) is 3.56. The quantitative estimate of drug-likeness (QED) is 0.665. The van der Waals surface area contributed by atoms with Crippen molar-refractivity contribution in [2.45, 2.75) is 53.6 Å². The van der Waals surface area contributed by atoms with Gasteiger partial charge in [0.2, 0.25) is 0 Å². The normalized spacial score (nSPS) is 21.2. The van der Waals surface area contributed by atoms with Crippen molar-refractivity contribution in [1.82, 2.24) is 4.57 Å². The van der Waals surface area contributed by atoms with Crippen LogP contribution >= 0.6 is 0 Å². The number of imidazole rings is 1. The number of aryl methyl sites for hydroxylation is 1. The number of hydrogen-bond acceptors (Lipinski definition) is 1. The molecule has 0 saturated carbocycles. The van der Waals surface area contributed by atoms with Gasteiger partial charge in [-0.15, -0.1) is 0 Å². The molecule has 0 radical (unpaired) electrons. The maximum Gasteiger partial charge on any atom is 0.295 e. The molecule has 3 rings (SSSR count). The number of nitrogens with zero attached hydrogens (tertiary/aromatic N) is 2. The maximum atomic E-state index is 11.8. The van der Waals surface area contributed by atoms with Gasteiger partial charge >= 0.3 is 0 Å². The Labute approximate surface area is 155 Å². The first-order valence-corrected chi connectivity index (χ1v) is 8.40. The summed E-state index contributed by atoms with van der Waals surface area (Å²) in [6.07, 6.45) is 2.90. The first-order valence-electron chi connectivity index (χ1n) is 8.40. The molecule has 0 fully saturated rings. The number of para-hydroxylation sites is 2. The van der Waals surface area contributed by atoms with E-state index in [9.17, 15) is 5.11 Å². The van der Waals surface area contributed by atoms with Crippen LogP contribution in [0.25, 0.3) is 17.2 Å². The predicted octanol–water partition coefficient (Wildman–Crippen LogP) is 0.994. The molecule has 1 N–H and O–H groups in total. The first-order chi connectivity index (χ1) is 10.5. The molecule has 2 heterocycles. The Morgan fingerprint density at radius 2 is 1.67 bits per heavy atom. The lowest BCUT2D eigenvalue weighted by molar-refractivity contribution is -0.663. The third-order valence-corrected chi connectivity index (χ3v) is 5.35. The van der Waals surface area contributed by atoms with Crippen LogP contribution in [0.15, 0.2) is 29.8 Å². The summed E-state index contributed by atoms with van der Waals surface area (Å²) < 4.78 is 4.35. The molecule has 2 aromatic rings. The zero-order chi connectivity index (χ0) is 17.2. The summed E-state index contributed by atoms with van der Waals surface area (Å²) in [6, 6.07) is 8.36. The number of rotatable bonds is 0. The molecule has 0 saturated heterocycles. The van der Waals surface area contributed by atoms with Crippen LogP contribution in [0.1, 0.15) is 53.8 Å². The highest BCUT2D eigenvalue weighted by atomic mass is 79.9. The summed E-state index contributed by atoms with van der Waals surface area (Å²) in [4.78, 5) is 0. The molecule has 0 bridgehead atoms. The average molecular weight is 393 g/mol. The number of hydrogen-bond donors (Lipinski definition) is 1. The van der Waals surface area contributed by atoms with E-state index in [0.717, 1.165) is 16.9 Å². The van der Waals surface area contributed by atoms with Crippen molar-refractivity contribution < 1.29 is 26.7 Å². The molecule has 0 aliphatic carbocycles. The zero-order valence-corrected chi connectivity index (χ0v) is 17.4. The molecule has 132 valence electrons. The summed E-state index contributed by atoms with van der Waals surface area (Å²) in [5.41, 5.74) is 2.44. The van der Waals surface area contributed by atoms with Crippen LogP contribution in [0.5, 0.6) is 0 Å². The van der Waals surface area contributed by atoms with Crippen LogP contribution in [0.2, 0.25) is 0 Å². The third-order valence-electron chi connectivity index (χ3n) is 5.35. The van der Waals surface area contributed by atoms with E-state index < -0.39 is 5.60 Å². The second-order valence-corrected chi connectivity index (χ2v) is 8.93. The van der Waals surface area contributed by atoms with E-state index in [1.807, 2.05) is 0 Å². The van der Waals surface area contributed by atoms with E-state index in [-0.39, 0.29) is 27.8 Å². The van der Waals surface area contributed by atoms with Crippen LogP contribution in [0.4, 0.5) is 0 Å². The molecule has 1 aromatic heterocycles. The molecule has 3 nitrogen and oxygen atoms in total. The Bertz CT molecular complexity index is 805. The van der Waals surface area contributed by atoms with Gasteiger partial charge < -0.3 is 22.1 Å². The van der Waals surface area contributed by atoms with Crippen LogP contribution in [0, 0.1) is 10.8 Å². The average Bonchev–Trinajstić information content (AvgIpc) is 2.71. The smallest absolute Gasteiger partial charge is 0.295 e. The van der Waals surface area contributed by atoms with Gasteiger partial charge in [0.25, 0.3) is 5.82 Å². The van der Waals surface area contributed by atoms with Gasteiger partial charge in [0.15, 0.2) is 16.6 Å². The minimum absolute atomic E-state index is 0. The monoisotopic (exact) mass is 392 g/mol. The van der Waals surface area contributed by atoms with E-state index >= 15 is 0 Å². The Morgan fingerprint density at radius 3 is 2.21 bits per heavy atom. The minimum Gasteiger partial charge on any atom is -1.00 e. The van der Waals surface area contributed by atoms with Crippen LogP contribution in [-0.2, 0) is 12.6 Å². The van der Waals surface area contributed by atoms with Crippen molar-refractivity contribution >= 4 is 17.2 Å². The van der Waals surface area contributed by atoms with E-state index in [4.69, 9.17) is 0 Å². The molecule has 1 aliphatic heterocycles. The molecular weight excluding hydrogens is 364 g/mol. The molecule has 24 heavy (non-hydrogen) atoms. The number of benzene rings is 1. The first kappa shape index (κ1) is 19.2. The zero-order valence-electron chi connectivity index (χ0n) is 15.8. The lowest BCUT2D eigenvalue weighted by Gasteiger charge is -2.41. The van der Waals surface area contributed by atoms with Crippen molar-refractivity contribution in [3.8, 4) is 0 Å². The maximum absolute atomic E-state index is 11.8. The van der Waals surface area contributed by atoms with E-state index in [2.05, 4.69) is 88.2 Å². The molecule has 1 aliphatic rings. The van der Waals surface area contributed by atoms with Gasteiger partial charge in [-0.25, -0.2) is 4.57 Å². The topological polar surface area (TPSA) is 29.0 Å². The van der Waals surface area contributed by atoms with Crippen LogP contribution in [-0.4, -0.2) is 9.67 Å². The summed E-state index contributed by atoms with van der Waals surface area (Å²) in [5, 5.41) is 11.8. The SMILES string of the molecule is C[n+]1c2n(c3ccccc31)C=C(C(C)(C)C)CC2(O)C(C)(C)C.[Br-]. The van der Waals surface area contributed by atoms with Crippen molar-refractivity contribution in [2.24, 2.45) is 17.9 Å². The number of halogens is 1. The molecule has 0 amide bonds. The van der Waals surface area contributed by atoms with Gasteiger partial charge in [0.1, 0.15) is 0 Å². The molecule has 1 unspecified atom stereocenters. The third kappa shape index (κ3) is 2.64. The Kier molecular flexibility index (Phi) is 4.56. The van der Waals surface area contributed by atoms with E-state index in [1.165, 1.54) is 5.57 Å². The fraction of sp³-hybridized carbons (Fsp3) is 0.550. The van der Waals surface area contributed by atoms with Crippen molar-refractivity contribution in [2.75, 3.05) is 0 Å². The predicted molar refractivity (Wildman–Crippen MR) is 94.8 cm³/mol. The molecule has 1 atom stereocenters. The lowest BCUT2D eigenvalue weighted by atomic mass is 9.67. The summed E-state index contributed by atoms with van der Waals surface area (Å²) in [5.74, 6) is 0.971. The van der Waals surface area contributed by atoms with Crippen molar-refractivity contribution in [3.05, 3.63) is 35.7 Å². The van der Waals surface area contributed by atoms with Crippen molar-refractivity contribution in [3.63, 3.8) is 0 Å². The number of fused-ring (bicyclic) bond motifs is 3. The van der Waals surface area contributed by atoms with Crippen LogP contribution < -0.4 is 21.5 Å². The largest absolute Gasteiger partial charge is 1.00 e. The van der Waals surface area contributed by atoms with Crippen molar-refractivity contribution in [1.29, 1.82) is 0 Å².